The summed E-state index contributed by atoms with van der Waals surface area (Å²) >= 11 is 9.24. The molecule has 0 spiro atoms. The lowest BCUT2D eigenvalue weighted by Gasteiger charge is -2.37. The van der Waals surface area contributed by atoms with Crippen molar-refractivity contribution in [2.24, 2.45) is 5.92 Å². The third-order valence-electron chi connectivity index (χ3n) is 9.96. The summed E-state index contributed by atoms with van der Waals surface area (Å²) in [6, 6.07) is 14.7. The molecule has 2 fully saturated rings. The van der Waals surface area contributed by atoms with Crippen LogP contribution in [-0.4, -0.2) is 46.2 Å². The maximum absolute atomic E-state index is 14.3. The van der Waals surface area contributed by atoms with Gasteiger partial charge in [0.2, 0.25) is 5.91 Å². The topological polar surface area (TPSA) is 135 Å². The highest BCUT2D eigenvalue weighted by Crippen LogP contribution is 2.43. The molecule has 0 bridgehead atoms. The van der Waals surface area contributed by atoms with E-state index in [0.29, 0.717) is 42.0 Å². The highest BCUT2D eigenvalue weighted by molar-refractivity contribution is 14.1. The van der Waals surface area contributed by atoms with E-state index in [1.54, 1.807) is 18.2 Å². The van der Waals surface area contributed by atoms with Gasteiger partial charge in [-0.25, -0.2) is 14.3 Å². The number of amides is 3. The van der Waals surface area contributed by atoms with E-state index in [1.165, 1.54) is 6.07 Å². The van der Waals surface area contributed by atoms with E-state index >= 15 is 0 Å². The molecule has 1 aliphatic carbocycles. The fourth-order valence-corrected chi connectivity index (χ4v) is 8.01. The summed E-state index contributed by atoms with van der Waals surface area (Å²) in [5, 5.41) is 15.0. The number of nitrogens with one attached hydrogen (secondary N) is 3. The van der Waals surface area contributed by atoms with Crippen LogP contribution in [0, 0.1) is 41.9 Å². The Balaban J connectivity index is 0.000000194. The van der Waals surface area contributed by atoms with Gasteiger partial charge >= 0.3 is 0 Å². The zero-order valence-electron chi connectivity index (χ0n) is 31.1. The number of phenolic OH excluding ortho intramolecular Hbond substituents is 1. The van der Waals surface area contributed by atoms with Crippen molar-refractivity contribution in [3.05, 3.63) is 108 Å². The van der Waals surface area contributed by atoms with Gasteiger partial charge in [-0.3, -0.25) is 24.5 Å². The highest BCUT2D eigenvalue weighted by atomic mass is 127. The number of hydrogen-bond acceptors (Lipinski definition) is 9. The Morgan fingerprint density at radius 1 is 1.07 bits per heavy atom. The number of phenols is 1. The molecule has 1 saturated heterocycles. The van der Waals surface area contributed by atoms with Gasteiger partial charge in [-0.15, -0.1) is 0 Å². The molecule has 56 heavy (non-hydrogen) atoms. The van der Waals surface area contributed by atoms with Gasteiger partial charge in [-0.2, -0.15) is 0 Å². The van der Waals surface area contributed by atoms with Gasteiger partial charge in [0.25, 0.3) is 11.1 Å². The van der Waals surface area contributed by atoms with Gasteiger partial charge in [-0.05, 0) is 153 Å². The molecule has 0 aromatic heterocycles. The molecule has 3 amide bonds. The first-order valence-corrected chi connectivity index (χ1v) is 20.3. The molecular weight excluding hydrogens is 879 g/mol. The first kappa shape index (κ1) is 41.5. The lowest BCUT2D eigenvalue weighted by atomic mass is 9.87. The standard InChI is InChI=1S/C24H27NO5S.C17H14ClF2IN2O2/c1-13-14(2)21-18(15(3)20(13)26)9-10-24(4,30-21)12-29-17-7-5-16(6-8-17)11-19-22(27)25-23(28)31-19;18-12-7-10(21)3-6-14(12)22-16-11(4-5-13(19)15(16)20)17(24)23-25-8-9-1-2-9/h5-8,19,26H,9-12H2,1-4H3,(H,25,27,28);3-7,9,22H,1-2,8H2,(H,23,24). The lowest BCUT2D eigenvalue weighted by Crippen LogP contribution is -2.42. The molecule has 15 heteroatoms. The number of halogens is 4. The van der Waals surface area contributed by atoms with Crippen molar-refractivity contribution >= 4 is 74.4 Å². The summed E-state index contributed by atoms with van der Waals surface area (Å²) in [5.74, 6) is -0.720. The van der Waals surface area contributed by atoms with Crippen LogP contribution in [0.1, 0.15) is 64.4 Å². The predicted molar refractivity (Wildman–Crippen MR) is 220 cm³/mol. The van der Waals surface area contributed by atoms with Gasteiger partial charge in [0, 0.05) is 9.13 Å². The molecule has 10 nitrogen and oxygen atoms in total. The van der Waals surface area contributed by atoms with Crippen LogP contribution >= 0.6 is 46.0 Å². The molecule has 2 unspecified atom stereocenters. The molecule has 296 valence electrons. The monoisotopic (exact) mass is 919 g/mol. The Labute approximate surface area is 346 Å². The number of imide groups is 1. The third-order valence-corrected chi connectivity index (χ3v) is 11.9. The summed E-state index contributed by atoms with van der Waals surface area (Å²) in [5.41, 5.74) is 6.56. The summed E-state index contributed by atoms with van der Waals surface area (Å²) in [6.45, 7) is 8.69. The molecule has 2 atom stereocenters. The maximum atomic E-state index is 14.3. The number of carbonyl (C=O) groups is 3. The van der Waals surface area contributed by atoms with Gasteiger partial charge in [-0.1, -0.05) is 35.5 Å². The zero-order chi connectivity index (χ0) is 40.3. The second kappa shape index (κ2) is 17.6. The van der Waals surface area contributed by atoms with Gasteiger partial charge in [0.1, 0.15) is 29.5 Å². The Morgan fingerprint density at radius 3 is 2.46 bits per heavy atom. The van der Waals surface area contributed by atoms with E-state index in [-0.39, 0.29) is 27.6 Å². The largest absolute Gasteiger partial charge is 0.507 e. The van der Waals surface area contributed by atoms with Crippen LogP contribution in [0.4, 0.5) is 25.0 Å². The number of hydroxylamine groups is 1. The molecule has 0 radical (unpaired) electrons. The Kier molecular flexibility index (Phi) is 13.0. The van der Waals surface area contributed by atoms with Crippen LogP contribution in [-0.2, 0) is 22.5 Å². The van der Waals surface area contributed by atoms with Crippen molar-refractivity contribution in [1.29, 1.82) is 0 Å². The molecule has 4 aromatic rings. The SMILES string of the molecule is Cc1c(C)c2c(c(C)c1O)CCC(C)(COc1ccc(CC3SC(=O)NC3=O)cc1)O2.O=C(NOCC1CC1)c1ccc(F)c(F)c1Nc1ccc(I)cc1Cl. The van der Waals surface area contributed by atoms with Crippen molar-refractivity contribution in [2.45, 2.75) is 70.7 Å². The van der Waals surface area contributed by atoms with Crippen LogP contribution < -0.4 is 25.6 Å². The van der Waals surface area contributed by atoms with Crippen molar-refractivity contribution in [3.8, 4) is 17.2 Å². The van der Waals surface area contributed by atoms with Crippen molar-refractivity contribution < 1.29 is 42.6 Å². The third kappa shape index (κ3) is 9.87. The van der Waals surface area contributed by atoms with E-state index < -0.39 is 23.1 Å². The normalized spacial score (nSPS) is 18.6. The van der Waals surface area contributed by atoms with Crippen LogP contribution in [0.25, 0.3) is 0 Å². The second-order valence-electron chi connectivity index (χ2n) is 14.3. The minimum Gasteiger partial charge on any atom is -0.507 e. The summed E-state index contributed by atoms with van der Waals surface area (Å²) < 4.78 is 41.3. The fourth-order valence-electron chi connectivity index (χ4n) is 6.25. The first-order chi connectivity index (χ1) is 26.6. The zero-order valence-corrected chi connectivity index (χ0v) is 34.8. The smallest absolute Gasteiger partial charge is 0.286 e. The average Bonchev–Trinajstić information content (AvgIpc) is 3.94. The highest BCUT2D eigenvalue weighted by Gasteiger charge is 2.36. The molecular formula is C41H41ClF2IN3O7S. The number of fused-ring (bicyclic) bond motifs is 1. The Morgan fingerprint density at radius 2 is 1.80 bits per heavy atom. The fraction of sp³-hybridized carbons (Fsp3) is 0.341. The molecule has 4 N–H and O–H groups in total. The molecule has 1 saturated carbocycles. The second-order valence-corrected chi connectivity index (χ2v) is 17.2. The molecule has 4 aromatic carbocycles. The summed E-state index contributed by atoms with van der Waals surface area (Å²) in [6.07, 6.45) is 4.26. The Hall–Kier alpha value is -4.12. The predicted octanol–water partition coefficient (Wildman–Crippen LogP) is 9.41. The Bertz CT molecular complexity index is 2170. The van der Waals surface area contributed by atoms with Crippen molar-refractivity contribution in [1.82, 2.24) is 10.8 Å². The van der Waals surface area contributed by atoms with Crippen molar-refractivity contribution in [3.63, 3.8) is 0 Å². The van der Waals surface area contributed by atoms with Gasteiger partial charge < -0.3 is 19.9 Å². The summed E-state index contributed by atoms with van der Waals surface area (Å²) in [7, 11) is 0. The molecule has 2 aliphatic heterocycles. The van der Waals surface area contributed by atoms with E-state index in [4.69, 9.17) is 25.9 Å². The van der Waals surface area contributed by atoms with Crippen molar-refractivity contribution in [2.75, 3.05) is 18.5 Å². The number of aromatic hydroxyl groups is 1. The van der Waals surface area contributed by atoms with E-state index in [2.05, 4.69) is 38.7 Å². The summed E-state index contributed by atoms with van der Waals surface area (Å²) in [4.78, 5) is 40.4. The number of benzene rings is 4. The first-order valence-electron chi connectivity index (χ1n) is 18.0. The van der Waals surface area contributed by atoms with Crippen LogP contribution in [0.15, 0.2) is 54.6 Å². The van der Waals surface area contributed by atoms with E-state index in [0.717, 1.165) is 86.4 Å². The average molecular weight is 920 g/mol. The minimum absolute atomic E-state index is 0.0793. The number of ether oxygens (including phenoxy) is 2. The quantitative estimate of drug-likeness (QED) is 0.0858. The van der Waals surface area contributed by atoms with Crippen LogP contribution in [0.3, 0.4) is 0 Å². The van der Waals surface area contributed by atoms with Gasteiger partial charge in [0.05, 0.1) is 33.8 Å². The van der Waals surface area contributed by atoms with Gasteiger partial charge in [0.15, 0.2) is 11.6 Å². The van der Waals surface area contributed by atoms with Crippen LogP contribution in [0.2, 0.25) is 5.02 Å². The molecule has 3 aliphatic rings. The molecule has 7 rings (SSSR count). The number of rotatable bonds is 11. The van der Waals surface area contributed by atoms with E-state index in [9.17, 15) is 28.3 Å². The number of anilines is 2. The minimum atomic E-state index is -1.16. The number of hydrogen-bond donors (Lipinski definition) is 4. The maximum Gasteiger partial charge on any atom is 0.286 e. The number of thioether (sulfide) groups is 1. The lowest BCUT2D eigenvalue weighted by molar-refractivity contribution is -0.118. The van der Waals surface area contributed by atoms with Crippen LogP contribution in [0.5, 0.6) is 17.2 Å². The molecule has 2 heterocycles. The number of carbonyl (C=O) groups excluding carboxylic acids is 3. The van der Waals surface area contributed by atoms with E-state index in [1.807, 2.05) is 52.0 Å².